The molecule has 1 aromatic carbocycles. The Hall–Kier alpha value is -2.12. The summed E-state index contributed by atoms with van der Waals surface area (Å²) >= 11 is 0. The van der Waals surface area contributed by atoms with E-state index in [4.69, 9.17) is 9.47 Å². The number of hydrogen-bond donors (Lipinski definition) is 0. The van der Waals surface area contributed by atoms with Crippen molar-refractivity contribution in [3.63, 3.8) is 0 Å². The van der Waals surface area contributed by atoms with E-state index < -0.39 is 10.0 Å². The van der Waals surface area contributed by atoms with E-state index >= 15 is 0 Å². The Bertz CT molecular complexity index is 790. The van der Waals surface area contributed by atoms with Crippen molar-refractivity contribution in [3.8, 4) is 11.6 Å². The van der Waals surface area contributed by atoms with Crippen LogP contribution in [0.1, 0.15) is 11.3 Å². The Morgan fingerprint density at radius 3 is 2.52 bits per heavy atom. The first kappa shape index (κ1) is 17.2. The van der Waals surface area contributed by atoms with Crippen molar-refractivity contribution in [2.75, 3.05) is 21.3 Å². The molecule has 0 atom stereocenters. The molecule has 1 heterocycles. The van der Waals surface area contributed by atoms with Crippen LogP contribution in [-0.2, 0) is 16.6 Å². The maximum Gasteiger partial charge on any atom is 0.246 e. The van der Waals surface area contributed by atoms with E-state index in [0.717, 1.165) is 5.56 Å². The normalized spacial score (nSPS) is 11.5. The van der Waals surface area contributed by atoms with Gasteiger partial charge in [0.1, 0.15) is 10.6 Å². The first-order valence-electron chi connectivity index (χ1n) is 6.99. The summed E-state index contributed by atoms with van der Waals surface area (Å²) in [7, 11) is 0.787. The van der Waals surface area contributed by atoms with Gasteiger partial charge in [0, 0.05) is 13.1 Å². The number of aryl methyl sites for hydroxylation is 1. The first-order chi connectivity index (χ1) is 10.9. The van der Waals surface area contributed by atoms with Crippen LogP contribution in [0.4, 0.5) is 0 Å². The third-order valence-corrected chi connectivity index (χ3v) is 5.21. The summed E-state index contributed by atoms with van der Waals surface area (Å²) in [6.45, 7) is 1.97. The van der Waals surface area contributed by atoms with Crippen molar-refractivity contribution in [2.45, 2.75) is 18.4 Å². The van der Waals surface area contributed by atoms with Gasteiger partial charge in [-0.25, -0.2) is 13.4 Å². The van der Waals surface area contributed by atoms with Gasteiger partial charge < -0.3 is 9.47 Å². The van der Waals surface area contributed by atoms with E-state index in [1.54, 1.807) is 30.3 Å². The van der Waals surface area contributed by atoms with Crippen molar-refractivity contribution in [1.29, 1.82) is 0 Å². The Morgan fingerprint density at radius 1 is 1.13 bits per heavy atom. The van der Waals surface area contributed by atoms with Gasteiger partial charge in [-0.1, -0.05) is 12.1 Å². The Morgan fingerprint density at radius 2 is 1.87 bits per heavy atom. The molecule has 2 rings (SSSR count). The Labute approximate surface area is 136 Å². The highest BCUT2D eigenvalue weighted by molar-refractivity contribution is 7.89. The lowest BCUT2D eigenvalue weighted by Gasteiger charge is -2.19. The highest BCUT2D eigenvalue weighted by Gasteiger charge is 2.25. The zero-order valence-corrected chi connectivity index (χ0v) is 14.4. The van der Waals surface area contributed by atoms with Crippen molar-refractivity contribution < 1.29 is 17.9 Å². The second kappa shape index (κ2) is 6.97. The summed E-state index contributed by atoms with van der Waals surface area (Å²) in [5.41, 5.74) is 1.44. The summed E-state index contributed by atoms with van der Waals surface area (Å²) < 4.78 is 37.1. The van der Waals surface area contributed by atoms with E-state index in [9.17, 15) is 8.42 Å². The van der Waals surface area contributed by atoms with Gasteiger partial charge in [0.15, 0.2) is 0 Å². The van der Waals surface area contributed by atoms with Gasteiger partial charge in [0.25, 0.3) is 0 Å². The number of hydrogen-bond acceptors (Lipinski definition) is 5. The Kier molecular flexibility index (Phi) is 5.23. The molecule has 124 valence electrons. The van der Waals surface area contributed by atoms with Crippen LogP contribution in [-0.4, -0.2) is 39.0 Å². The fourth-order valence-corrected chi connectivity index (χ4v) is 3.50. The smallest absolute Gasteiger partial charge is 0.246 e. The van der Waals surface area contributed by atoms with E-state index in [2.05, 4.69) is 4.98 Å². The fraction of sp³-hybridized carbons (Fsp3) is 0.312. The van der Waals surface area contributed by atoms with Gasteiger partial charge in [-0.15, -0.1) is 0 Å². The molecule has 0 amide bonds. The third-order valence-electron chi connectivity index (χ3n) is 3.38. The molecule has 6 nitrogen and oxygen atoms in total. The van der Waals surface area contributed by atoms with Crippen LogP contribution in [0.25, 0.3) is 0 Å². The molecule has 7 heteroatoms. The maximum absolute atomic E-state index is 12.8. The average molecular weight is 336 g/mol. The predicted octanol–water partition coefficient (Wildman–Crippen LogP) is 2.23. The molecule has 0 fully saturated rings. The molecule has 0 bridgehead atoms. The SMILES string of the molecule is COc1cccc(CN(C)S(=O)(=O)c2cc(C)ccc2OC)n1. The van der Waals surface area contributed by atoms with E-state index in [1.165, 1.54) is 25.6 Å². The molecule has 2 aromatic rings. The van der Waals surface area contributed by atoms with Gasteiger partial charge in [-0.05, 0) is 30.7 Å². The summed E-state index contributed by atoms with van der Waals surface area (Å²) in [6, 6.07) is 10.3. The molecule has 0 spiro atoms. The number of sulfonamides is 1. The van der Waals surface area contributed by atoms with E-state index in [1.807, 2.05) is 13.0 Å². The number of benzene rings is 1. The second-order valence-electron chi connectivity index (χ2n) is 5.09. The lowest BCUT2D eigenvalue weighted by molar-refractivity contribution is 0.389. The molecular formula is C16H20N2O4S. The lowest BCUT2D eigenvalue weighted by atomic mass is 10.2. The molecule has 0 aliphatic heterocycles. The monoisotopic (exact) mass is 336 g/mol. The van der Waals surface area contributed by atoms with Crippen LogP contribution in [0.2, 0.25) is 0 Å². The van der Waals surface area contributed by atoms with Crippen LogP contribution in [0.5, 0.6) is 11.6 Å². The van der Waals surface area contributed by atoms with Gasteiger partial charge in [-0.2, -0.15) is 4.31 Å². The molecule has 0 aliphatic rings. The molecule has 0 unspecified atom stereocenters. The second-order valence-corrected chi connectivity index (χ2v) is 7.10. The molecule has 1 aromatic heterocycles. The summed E-state index contributed by atoms with van der Waals surface area (Å²) in [5.74, 6) is 0.766. The highest BCUT2D eigenvalue weighted by atomic mass is 32.2. The number of aromatic nitrogens is 1. The van der Waals surface area contributed by atoms with Crippen molar-refractivity contribution >= 4 is 10.0 Å². The van der Waals surface area contributed by atoms with Gasteiger partial charge in [0.2, 0.25) is 15.9 Å². The molecule has 0 radical (unpaired) electrons. The largest absolute Gasteiger partial charge is 0.495 e. The number of pyridine rings is 1. The van der Waals surface area contributed by atoms with E-state index in [-0.39, 0.29) is 11.4 Å². The average Bonchev–Trinajstić information content (AvgIpc) is 2.54. The predicted molar refractivity (Wildman–Crippen MR) is 87.2 cm³/mol. The van der Waals surface area contributed by atoms with Gasteiger partial charge in [0.05, 0.1) is 26.5 Å². The third kappa shape index (κ3) is 3.80. The molecule has 0 saturated carbocycles. The lowest BCUT2D eigenvalue weighted by Crippen LogP contribution is -2.27. The highest BCUT2D eigenvalue weighted by Crippen LogP contribution is 2.27. The van der Waals surface area contributed by atoms with Gasteiger partial charge >= 0.3 is 0 Å². The molecular weight excluding hydrogens is 316 g/mol. The Balaban J connectivity index is 2.33. The standard InChI is InChI=1S/C16H20N2O4S/c1-12-8-9-14(21-3)15(10-12)23(19,20)18(2)11-13-6-5-7-16(17-13)22-4/h5-10H,11H2,1-4H3. The molecule has 0 N–H and O–H groups in total. The minimum atomic E-state index is -3.69. The quantitative estimate of drug-likeness (QED) is 0.809. The summed E-state index contributed by atoms with van der Waals surface area (Å²) in [4.78, 5) is 4.38. The number of ether oxygens (including phenoxy) is 2. The van der Waals surface area contributed by atoms with Crippen LogP contribution in [0, 0.1) is 6.92 Å². The molecule has 0 aliphatic carbocycles. The minimum Gasteiger partial charge on any atom is -0.495 e. The van der Waals surface area contributed by atoms with Gasteiger partial charge in [-0.3, -0.25) is 0 Å². The number of rotatable bonds is 6. The zero-order valence-electron chi connectivity index (χ0n) is 13.6. The summed E-state index contributed by atoms with van der Waals surface area (Å²) in [6.07, 6.45) is 0. The van der Waals surface area contributed by atoms with Crippen molar-refractivity contribution in [1.82, 2.24) is 9.29 Å². The van der Waals surface area contributed by atoms with Crippen molar-refractivity contribution in [3.05, 3.63) is 47.7 Å². The number of nitrogens with zero attached hydrogens (tertiary/aromatic N) is 2. The van der Waals surface area contributed by atoms with E-state index in [0.29, 0.717) is 17.3 Å². The van der Waals surface area contributed by atoms with Crippen molar-refractivity contribution in [2.24, 2.45) is 0 Å². The van der Waals surface area contributed by atoms with Crippen LogP contribution in [0.3, 0.4) is 0 Å². The topological polar surface area (TPSA) is 68.7 Å². The maximum atomic E-state index is 12.8. The first-order valence-corrected chi connectivity index (χ1v) is 8.43. The van der Waals surface area contributed by atoms with Crippen LogP contribution in [0.15, 0.2) is 41.3 Å². The van der Waals surface area contributed by atoms with Crippen LogP contribution < -0.4 is 9.47 Å². The number of methoxy groups -OCH3 is 2. The van der Waals surface area contributed by atoms with Crippen LogP contribution >= 0.6 is 0 Å². The fourth-order valence-electron chi connectivity index (χ4n) is 2.13. The summed E-state index contributed by atoms with van der Waals surface area (Å²) in [5, 5.41) is 0. The molecule has 0 saturated heterocycles. The molecule has 23 heavy (non-hydrogen) atoms. The minimum absolute atomic E-state index is 0.136. The zero-order chi connectivity index (χ0) is 17.0.